The molecule has 0 unspecified atom stereocenters. The van der Waals surface area contributed by atoms with E-state index in [9.17, 15) is 18.3 Å². The van der Waals surface area contributed by atoms with Gasteiger partial charge in [0.25, 0.3) is 0 Å². The number of nitrogens with two attached hydrogens (primary N) is 1. The number of phenols is 1. The summed E-state index contributed by atoms with van der Waals surface area (Å²) < 4.78 is 38.8. The molecule has 1 aliphatic carbocycles. The van der Waals surface area contributed by atoms with Gasteiger partial charge in [-0.1, -0.05) is 28.8 Å². The van der Waals surface area contributed by atoms with Crippen molar-refractivity contribution in [3.8, 4) is 5.75 Å². The van der Waals surface area contributed by atoms with Crippen LogP contribution in [0.4, 0.5) is 13.2 Å². The first kappa shape index (κ1) is 14.7. The molecule has 3 N–H and O–H groups in total. The van der Waals surface area contributed by atoms with Crippen LogP contribution in [0.5, 0.6) is 5.75 Å². The second kappa shape index (κ2) is 5.32. The molecular formula is C13H15BrF3NO. The number of aromatic hydroxyl groups is 1. The first-order valence-corrected chi connectivity index (χ1v) is 6.95. The topological polar surface area (TPSA) is 46.2 Å². The zero-order valence-electron chi connectivity index (χ0n) is 10.2. The number of alkyl halides is 3. The Morgan fingerprint density at radius 2 is 1.84 bits per heavy atom. The fourth-order valence-electron chi connectivity index (χ4n) is 2.66. The predicted molar refractivity (Wildman–Crippen MR) is 69.7 cm³/mol. The highest BCUT2D eigenvalue weighted by molar-refractivity contribution is 9.10. The SMILES string of the molecule is N[C@@H](c1cc(Br)cc(C(F)(F)F)c1O)C1CCCC1. The van der Waals surface area contributed by atoms with Gasteiger partial charge in [0, 0.05) is 16.1 Å². The number of hydrogen-bond donors (Lipinski definition) is 2. The van der Waals surface area contributed by atoms with Crippen LogP contribution in [0.1, 0.15) is 42.9 Å². The van der Waals surface area contributed by atoms with E-state index in [1.165, 1.54) is 6.07 Å². The molecule has 0 radical (unpaired) electrons. The molecule has 1 fully saturated rings. The molecule has 0 amide bonds. The van der Waals surface area contributed by atoms with Crippen LogP contribution in [0.15, 0.2) is 16.6 Å². The molecule has 0 saturated heterocycles. The van der Waals surface area contributed by atoms with Gasteiger partial charge in [-0.25, -0.2) is 0 Å². The molecule has 1 aromatic rings. The van der Waals surface area contributed by atoms with Crippen LogP contribution in [0, 0.1) is 5.92 Å². The van der Waals surface area contributed by atoms with Gasteiger partial charge >= 0.3 is 6.18 Å². The molecule has 6 heteroatoms. The van der Waals surface area contributed by atoms with E-state index in [4.69, 9.17) is 5.73 Å². The molecule has 1 saturated carbocycles. The maximum Gasteiger partial charge on any atom is 0.420 e. The Labute approximate surface area is 117 Å². The summed E-state index contributed by atoms with van der Waals surface area (Å²) in [5, 5.41) is 9.86. The van der Waals surface area contributed by atoms with Crippen LogP contribution in [0.25, 0.3) is 0 Å². The second-order valence-corrected chi connectivity index (χ2v) is 5.87. The zero-order chi connectivity index (χ0) is 14.2. The summed E-state index contributed by atoms with van der Waals surface area (Å²) in [5.74, 6) is -0.601. The van der Waals surface area contributed by atoms with Crippen LogP contribution < -0.4 is 5.73 Å². The van der Waals surface area contributed by atoms with E-state index in [1.807, 2.05) is 0 Å². The van der Waals surface area contributed by atoms with E-state index >= 15 is 0 Å². The van der Waals surface area contributed by atoms with Crippen molar-refractivity contribution >= 4 is 15.9 Å². The average molecular weight is 338 g/mol. The van der Waals surface area contributed by atoms with Gasteiger partial charge in [0.05, 0.1) is 5.56 Å². The Hall–Kier alpha value is -0.750. The molecule has 1 aromatic carbocycles. The van der Waals surface area contributed by atoms with Gasteiger partial charge in [0.1, 0.15) is 5.75 Å². The van der Waals surface area contributed by atoms with Crippen molar-refractivity contribution in [1.29, 1.82) is 0 Å². The van der Waals surface area contributed by atoms with E-state index in [-0.39, 0.29) is 16.0 Å². The number of benzene rings is 1. The van der Waals surface area contributed by atoms with Crippen molar-refractivity contribution in [3.05, 3.63) is 27.7 Å². The van der Waals surface area contributed by atoms with Crippen LogP contribution in [-0.4, -0.2) is 5.11 Å². The van der Waals surface area contributed by atoms with Crippen molar-refractivity contribution in [3.63, 3.8) is 0 Å². The highest BCUT2D eigenvalue weighted by Crippen LogP contribution is 2.44. The molecule has 2 rings (SSSR count). The van der Waals surface area contributed by atoms with Gasteiger partial charge in [0.15, 0.2) is 0 Å². The predicted octanol–water partition coefficient (Wildman–Crippen LogP) is 4.36. The molecule has 0 aromatic heterocycles. The van der Waals surface area contributed by atoms with Gasteiger partial charge in [0.2, 0.25) is 0 Å². The minimum absolute atomic E-state index is 0.140. The standard InChI is InChI=1S/C13H15BrF3NO/c14-8-5-9(11(18)7-3-1-2-4-7)12(19)10(6-8)13(15,16)17/h5-7,11,19H,1-4,18H2/t11-/m1/s1. The lowest BCUT2D eigenvalue weighted by atomic mass is 9.90. The van der Waals surface area contributed by atoms with Crippen LogP contribution in [0.2, 0.25) is 0 Å². The maximum absolute atomic E-state index is 12.8. The van der Waals surface area contributed by atoms with Gasteiger partial charge < -0.3 is 10.8 Å². The van der Waals surface area contributed by atoms with Gasteiger partial charge in [-0.2, -0.15) is 13.2 Å². The van der Waals surface area contributed by atoms with Crippen molar-refractivity contribution in [2.24, 2.45) is 11.7 Å². The monoisotopic (exact) mass is 337 g/mol. The van der Waals surface area contributed by atoms with Gasteiger partial charge in [-0.3, -0.25) is 0 Å². The molecule has 0 heterocycles. The largest absolute Gasteiger partial charge is 0.507 e. The Morgan fingerprint density at radius 3 is 2.37 bits per heavy atom. The summed E-state index contributed by atoms with van der Waals surface area (Å²) in [5.41, 5.74) is 5.17. The molecule has 1 atom stereocenters. The number of rotatable bonds is 2. The lowest BCUT2D eigenvalue weighted by molar-refractivity contribution is -0.138. The van der Waals surface area contributed by atoms with Crippen LogP contribution in [-0.2, 0) is 6.18 Å². The molecule has 0 spiro atoms. The Kier molecular flexibility index (Phi) is 4.11. The summed E-state index contributed by atoms with van der Waals surface area (Å²) in [4.78, 5) is 0. The fraction of sp³-hybridized carbons (Fsp3) is 0.538. The van der Waals surface area contributed by atoms with Crippen LogP contribution in [0.3, 0.4) is 0 Å². The van der Waals surface area contributed by atoms with E-state index in [0.29, 0.717) is 0 Å². The highest BCUT2D eigenvalue weighted by atomic mass is 79.9. The summed E-state index contributed by atoms with van der Waals surface area (Å²) in [6, 6.07) is 1.80. The normalized spacial score (nSPS) is 18.8. The Balaban J connectivity index is 2.42. The second-order valence-electron chi connectivity index (χ2n) is 4.96. The molecular weight excluding hydrogens is 323 g/mol. The fourth-order valence-corrected chi connectivity index (χ4v) is 3.14. The lowest BCUT2D eigenvalue weighted by Crippen LogP contribution is -2.20. The summed E-state index contributed by atoms with van der Waals surface area (Å²) in [6.45, 7) is 0. The van der Waals surface area contributed by atoms with E-state index in [2.05, 4.69) is 15.9 Å². The number of hydrogen-bond acceptors (Lipinski definition) is 2. The minimum atomic E-state index is -4.59. The summed E-state index contributed by atoms with van der Waals surface area (Å²) in [7, 11) is 0. The molecule has 19 heavy (non-hydrogen) atoms. The Morgan fingerprint density at radius 1 is 1.26 bits per heavy atom. The lowest BCUT2D eigenvalue weighted by Gasteiger charge is -2.22. The third-order valence-corrected chi connectivity index (χ3v) is 4.13. The number of phenolic OH excluding ortho intramolecular Hbond substituents is 1. The minimum Gasteiger partial charge on any atom is -0.507 e. The van der Waals surface area contributed by atoms with Crippen molar-refractivity contribution in [2.75, 3.05) is 0 Å². The van der Waals surface area contributed by atoms with Gasteiger partial charge in [-0.05, 0) is 30.9 Å². The highest BCUT2D eigenvalue weighted by Gasteiger charge is 2.37. The average Bonchev–Trinajstić information content (AvgIpc) is 2.83. The quantitative estimate of drug-likeness (QED) is 0.841. The first-order chi connectivity index (χ1) is 8.80. The summed E-state index contributed by atoms with van der Waals surface area (Å²) >= 11 is 3.05. The van der Waals surface area contributed by atoms with Crippen molar-refractivity contribution in [1.82, 2.24) is 0 Å². The molecule has 2 nitrogen and oxygen atoms in total. The molecule has 1 aliphatic rings. The molecule has 106 valence electrons. The first-order valence-electron chi connectivity index (χ1n) is 6.16. The Bertz CT molecular complexity index is 470. The zero-order valence-corrected chi connectivity index (χ0v) is 11.8. The van der Waals surface area contributed by atoms with Crippen molar-refractivity contribution in [2.45, 2.75) is 37.9 Å². The van der Waals surface area contributed by atoms with Gasteiger partial charge in [-0.15, -0.1) is 0 Å². The third-order valence-electron chi connectivity index (χ3n) is 3.68. The molecule has 0 aliphatic heterocycles. The molecule has 0 bridgehead atoms. The van der Waals surface area contributed by atoms with Crippen LogP contribution >= 0.6 is 15.9 Å². The van der Waals surface area contributed by atoms with Crippen molar-refractivity contribution < 1.29 is 18.3 Å². The van der Waals surface area contributed by atoms with E-state index in [0.717, 1.165) is 31.7 Å². The third kappa shape index (κ3) is 3.05. The smallest absolute Gasteiger partial charge is 0.420 e. The number of halogens is 4. The van der Waals surface area contributed by atoms with E-state index < -0.39 is 23.5 Å². The maximum atomic E-state index is 12.8. The van der Waals surface area contributed by atoms with E-state index in [1.54, 1.807) is 0 Å². The summed E-state index contributed by atoms with van der Waals surface area (Å²) in [6.07, 6.45) is -0.709.